The summed E-state index contributed by atoms with van der Waals surface area (Å²) in [5, 5.41) is 3.09. The zero-order valence-electron chi connectivity index (χ0n) is 7.31. The molecule has 0 saturated heterocycles. The van der Waals surface area contributed by atoms with Gasteiger partial charge in [-0.25, -0.2) is 0 Å². The highest BCUT2D eigenvalue weighted by Gasteiger charge is 1.88. The van der Waals surface area contributed by atoms with Crippen LogP contribution in [0.5, 0.6) is 0 Å². The van der Waals surface area contributed by atoms with Crippen LogP contribution in [-0.2, 0) is 0 Å². The largest absolute Gasteiger partial charge is 0.330 e. The molecule has 3 nitrogen and oxygen atoms in total. The smallest absolute Gasteiger partial charge is 0.0428 e. The van der Waals surface area contributed by atoms with Crippen LogP contribution in [-0.4, -0.2) is 19.8 Å². The molecular weight excluding hydrogens is 138 g/mol. The second kappa shape index (κ2) is 9.88. The van der Waals surface area contributed by atoms with Crippen molar-refractivity contribution >= 4 is 0 Å². The molecular formula is C8H21N3. The molecule has 0 aromatic heterocycles. The van der Waals surface area contributed by atoms with Crippen molar-refractivity contribution in [1.82, 2.24) is 5.32 Å². The third kappa shape index (κ3) is 9.88. The van der Waals surface area contributed by atoms with E-state index in [2.05, 4.69) is 5.32 Å². The Morgan fingerprint density at radius 3 is 2.09 bits per heavy atom. The Bertz CT molecular complexity index is 58.4. The Balaban J connectivity index is 2.69. The minimum absolute atomic E-state index is 0.600. The summed E-state index contributed by atoms with van der Waals surface area (Å²) in [6.45, 7) is 2.49. The van der Waals surface area contributed by atoms with Crippen LogP contribution < -0.4 is 16.8 Å². The van der Waals surface area contributed by atoms with E-state index in [1.54, 1.807) is 0 Å². The SMILES string of the molecule is NCCCCCCCNCN. The van der Waals surface area contributed by atoms with E-state index in [1.165, 1.54) is 32.1 Å². The van der Waals surface area contributed by atoms with E-state index >= 15 is 0 Å². The molecule has 0 aliphatic heterocycles. The Morgan fingerprint density at radius 1 is 0.818 bits per heavy atom. The van der Waals surface area contributed by atoms with Gasteiger partial charge in [0.05, 0.1) is 0 Å². The first-order valence-corrected chi connectivity index (χ1v) is 4.52. The van der Waals surface area contributed by atoms with Crippen LogP contribution in [0.3, 0.4) is 0 Å². The molecule has 0 atom stereocenters. The minimum Gasteiger partial charge on any atom is -0.330 e. The number of nitrogens with one attached hydrogen (secondary N) is 1. The van der Waals surface area contributed by atoms with Gasteiger partial charge in [0.15, 0.2) is 0 Å². The number of nitrogens with two attached hydrogens (primary N) is 2. The second-order valence-electron chi connectivity index (χ2n) is 2.76. The van der Waals surface area contributed by atoms with Gasteiger partial charge in [-0.1, -0.05) is 19.3 Å². The zero-order valence-corrected chi connectivity index (χ0v) is 7.31. The highest BCUT2D eigenvalue weighted by Crippen LogP contribution is 2.00. The van der Waals surface area contributed by atoms with Gasteiger partial charge < -0.3 is 16.8 Å². The third-order valence-corrected chi connectivity index (χ3v) is 1.70. The van der Waals surface area contributed by atoms with Crippen molar-refractivity contribution in [3.8, 4) is 0 Å². The fourth-order valence-electron chi connectivity index (χ4n) is 1.03. The fraction of sp³-hybridized carbons (Fsp3) is 1.00. The van der Waals surface area contributed by atoms with Crippen LogP contribution in [0.15, 0.2) is 0 Å². The average molecular weight is 159 g/mol. The van der Waals surface area contributed by atoms with E-state index in [-0.39, 0.29) is 0 Å². The van der Waals surface area contributed by atoms with E-state index in [9.17, 15) is 0 Å². The van der Waals surface area contributed by atoms with Crippen molar-refractivity contribution in [3.63, 3.8) is 0 Å². The summed E-state index contributed by atoms with van der Waals surface area (Å²) in [7, 11) is 0. The van der Waals surface area contributed by atoms with Gasteiger partial charge in [-0.15, -0.1) is 0 Å². The maximum absolute atomic E-state index is 5.36. The zero-order chi connectivity index (χ0) is 8.36. The van der Waals surface area contributed by atoms with Gasteiger partial charge in [0.2, 0.25) is 0 Å². The molecule has 11 heavy (non-hydrogen) atoms. The second-order valence-corrected chi connectivity index (χ2v) is 2.76. The Kier molecular flexibility index (Phi) is 9.77. The molecule has 0 bridgehead atoms. The summed E-state index contributed by atoms with van der Waals surface area (Å²) < 4.78 is 0. The standard InChI is InChI=1S/C8H21N3/c9-6-4-2-1-3-5-7-11-8-10/h11H,1-10H2. The maximum Gasteiger partial charge on any atom is 0.0428 e. The highest BCUT2D eigenvalue weighted by atomic mass is 14.9. The summed E-state index contributed by atoms with van der Waals surface area (Å²) >= 11 is 0. The maximum atomic E-state index is 5.36. The molecule has 0 spiro atoms. The highest BCUT2D eigenvalue weighted by molar-refractivity contribution is 4.47. The number of hydrogen-bond donors (Lipinski definition) is 3. The Hall–Kier alpha value is -0.120. The lowest BCUT2D eigenvalue weighted by Gasteiger charge is -2.00. The number of rotatable bonds is 8. The van der Waals surface area contributed by atoms with E-state index in [0.717, 1.165) is 13.1 Å². The van der Waals surface area contributed by atoms with Crippen molar-refractivity contribution in [2.45, 2.75) is 32.1 Å². The van der Waals surface area contributed by atoms with Gasteiger partial charge in [0.1, 0.15) is 0 Å². The number of unbranched alkanes of at least 4 members (excludes halogenated alkanes) is 4. The molecule has 3 heteroatoms. The van der Waals surface area contributed by atoms with E-state index < -0.39 is 0 Å². The van der Waals surface area contributed by atoms with Crippen molar-refractivity contribution in [2.24, 2.45) is 11.5 Å². The van der Waals surface area contributed by atoms with Gasteiger partial charge in [0.25, 0.3) is 0 Å². The van der Waals surface area contributed by atoms with Crippen molar-refractivity contribution < 1.29 is 0 Å². The molecule has 0 unspecified atom stereocenters. The molecule has 0 amide bonds. The third-order valence-electron chi connectivity index (χ3n) is 1.70. The topological polar surface area (TPSA) is 64.1 Å². The predicted molar refractivity (Wildman–Crippen MR) is 49.2 cm³/mol. The summed E-state index contributed by atoms with van der Waals surface area (Å²) in [4.78, 5) is 0. The first kappa shape index (κ1) is 10.9. The van der Waals surface area contributed by atoms with Gasteiger partial charge in [-0.3, -0.25) is 0 Å². The molecule has 0 radical (unpaired) electrons. The van der Waals surface area contributed by atoms with Crippen LogP contribution >= 0.6 is 0 Å². The van der Waals surface area contributed by atoms with Crippen LogP contribution in [0, 0.1) is 0 Å². The first-order valence-electron chi connectivity index (χ1n) is 4.52. The molecule has 5 N–H and O–H groups in total. The van der Waals surface area contributed by atoms with E-state index in [1.807, 2.05) is 0 Å². The van der Waals surface area contributed by atoms with Gasteiger partial charge >= 0.3 is 0 Å². The summed E-state index contributed by atoms with van der Waals surface area (Å²) in [5.74, 6) is 0. The molecule has 0 aromatic carbocycles. The molecule has 0 rings (SSSR count). The van der Waals surface area contributed by atoms with Crippen LogP contribution in [0.25, 0.3) is 0 Å². The first-order chi connectivity index (χ1) is 5.41. The van der Waals surface area contributed by atoms with Gasteiger partial charge in [0, 0.05) is 6.67 Å². The molecule has 68 valence electrons. The van der Waals surface area contributed by atoms with Crippen LogP contribution in [0.2, 0.25) is 0 Å². The average Bonchev–Trinajstić information content (AvgIpc) is 2.03. The monoisotopic (exact) mass is 159 g/mol. The molecule has 0 fully saturated rings. The Labute approximate surface area is 69.5 Å². The summed E-state index contributed by atoms with van der Waals surface area (Å²) in [6.07, 6.45) is 6.29. The van der Waals surface area contributed by atoms with Gasteiger partial charge in [-0.2, -0.15) is 0 Å². The molecule has 0 saturated carbocycles. The van der Waals surface area contributed by atoms with E-state index in [0.29, 0.717) is 6.67 Å². The van der Waals surface area contributed by atoms with E-state index in [4.69, 9.17) is 11.5 Å². The predicted octanol–water partition coefficient (Wildman–Crippen LogP) is 0.401. The lowest BCUT2D eigenvalue weighted by atomic mass is 10.1. The molecule has 0 aromatic rings. The fourth-order valence-corrected chi connectivity index (χ4v) is 1.03. The summed E-state index contributed by atoms with van der Waals surface area (Å²) in [5.41, 5.74) is 10.6. The lowest BCUT2D eigenvalue weighted by Crippen LogP contribution is -2.23. The van der Waals surface area contributed by atoms with Crippen molar-refractivity contribution in [3.05, 3.63) is 0 Å². The molecule has 0 heterocycles. The quantitative estimate of drug-likeness (QED) is 0.355. The van der Waals surface area contributed by atoms with Crippen LogP contribution in [0.1, 0.15) is 32.1 Å². The molecule has 0 aliphatic carbocycles. The normalized spacial score (nSPS) is 10.4. The lowest BCUT2D eigenvalue weighted by molar-refractivity contribution is 0.582. The summed E-state index contributed by atoms with van der Waals surface area (Å²) in [6, 6.07) is 0. The van der Waals surface area contributed by atoms with Crippen molar-refractivity contribution in [1.29, 1.82) is 0 Å². The molecule has 0 aliphatic rings. The van der Waals surface area contributed by atoms with Crippen LogP contribution in [0.4, 0.5) is 0 Å². The minimum atomic E-state index is 0.600. The van der Waals surface area contributed by atoms with Gasteiger partial charge in [-0.05, 0) is 25.9 Å². The number of hydrogen-bond acceptors (Lipinski definition) is 3. The van der Waals surface area contributed by atoms with Crippen molar-refractivity contribution in [2.75, 3.05) is 19.8 Å². The Morgan fingerprint density at radius 2 is 1.45 bits per heavy atom.